The SMILES string of the molecule is C=CC(C)Cc1ccccc1OC. The Morgan fingerprint density at radius 3 is 2.77 bits per heavy atom. The molecule has 1 aromatic rings. The van der Waals surface area contributed by atoms with Crippen LogP contribution in [0.25, 0.3) is 0 Å². The van der Waals surface area contributed by atoms with Crippen LogP contribution in [0.3, 0.4) is 0 Å². The Bertz CT molecular complexity index is 278. The van der Waals surface area contributed by atoms with E-state index in [1.54, 1.807) is 7.11 Å². The van der Waals surface area contributed by atoms with E-state index in [4.69, 9.17) is 4.74 Å². The fourth-order valence-corrected chi connectivity index (χ4v) is 1.30. The van der Waals surface area contributed by atoms with E-state index in [0.717, 1.165) is 12.2 Å². The summed E-state index contributed by atoms with van der Waals surface area (Å²) in [5.41, 5.74) is 1.25. The second-order valence-corrected chi connectivity index (χ2v) is 3.23. The van der Waals surface area contributed by atoms with Gasteiger partial charge in [0.15, 0.2) is 0 Å². The average Bonchev–Trinajstić information content (AvgIpc) is 2.18. The molecule has 13 heavy (non-hydrogen) atoms. The summed E-state index contributed by atoms with van der Waals surface area (Å²) < 4.78 is 5.26. The molecule has 0 bridgehead atoms. The number of hydrogen-bond acceptors (Lipinski definition) is 1. The molecule has 0 saturated carbocycles. The van der Waals surface area contributed by atoms with Gasteiger partial charge in [-0.05, 0) is 24.0 Å². The lowest BCUT2D eigenvalue weighted by Gasteiger charge is -2.10. The summed E-state index contributed by atoms with van der Waals surface area (Å²) in [6.45, 7) is 5.92. The number of methoxy groups -OCH3 is 1. The standard InChI is InChI=1S/C12H16O/c1-4-10(2)9-11-7-5-6-8-12(11)13-3/h4-8,10H,1,9H2,2-3H3. The summed E-state index contributed by atoms with van der Waals surface area (Å²) in [4.78, 5) is 0. The highest BCUT2D eigenvalue weighted by Crippen LogP contribution is 2.20. The molecule has 0 aliphatic carbocycles. The third kappa shape index (κ3) is 2.62. The van der Waals surface area contributed by atoms with Crippen molar-refractivity contribution in [3.63, 3.8) is 0 Å². The van der Waals surface area contributed by atoms with E-state index < -0.39 is 0 Å². The van der Waals surface area contributed by atoms with Crippen molar-refractivity contribution >= 4 is 0 Å². The number of ether oxygens (including phenoxy) is 1. The lowest BCUT2D eigenvalue weighted by molar-refractivity contribution is 0.408. The third-order valence-electron chi connectivity index (χ3n) is 2.14. The Morgan fingerprint density at radius 1 is 1.46 bits per heavy atom. The summed E-state index contributed by atoms with van der Waals surface area (Å²) in [5.74, 6) is 1.47. The van der Waals surface area contributed by atoms with E-state index >= 15 is 0 Å². The van der Waals surface area contributed by atoms with Gasteiger partial charge in [-0.25, -0.2) is 0 Å². The predicted molar refractivity (Wildman–Crippen MR) is 56.1 cm³/mol. The van der Waals surface area contributed by atoms with Gasteiger partial charge in [-0.1, -0.05) is 31.2 Å². The molecule has 0 amide bonds. The van der Waals surface area contributed by atoms with E-state index in [1.807, 2.05) is 24.3 Å². The van der Waals surface area contributed by atoms with Crippen LogP contribution in [0.15, 0.2) is 36.9 Å². The Labute approximate surface area is 80.0 Å². The molecule has 70 valence electrons. The molecule has 0 aliphatic rings. The molecule has 1 unspecified atom stereocenters. The average molecular weight is 176 g/mol. The van der Waals surface area contributed by atoms with Gasteiger partial charge in [0.1, 0.15) is 5.75 Å². The zero-order chi connectivity index (χ0) is 9.68. The molecular weight excluding hydrogens is 160 g/mol. The van der Waals surface area contributed by atoms with Crippen LogP contribution in [-0.4, -0.2) is 7.11 Å². The summed E-state index contributed by atoms with van der Waals surface area (Å²) in [6.07, 6.45) is 2.96. The van der Waals surface area contributed by atoms with Crippen LogP contribution in [0.4, 0.5) is 0 Å². The largest absolute Gasteiger partial charge is 0.496 e. The first kappa shape index (κ1) is 9.85. The second kappa shape index (κ2) is 4.70. The predicted octanol–water partition coefficient (Wildman–Crippen LogP) is 3.06. The van der Waals surface area contributed by atoms with Crippen molar-refractivity contribution in [2.24, 2.45) is 5.92 Å². The fourth-order valence-electron chi connectivity index (χ4n) is 1.30. The van der Waals surface area contributed by atoms with Crippen LogP contribution in [-0.2, 0) is 6.42 Å². The molecule has 0 aliphatic heterocycles. The topological polar surface area (TPSA) is 9.23 Å². The van der Waals surface area contributed by atoms with Crippen molar-refractivity contribution in [2.45, 2.75) is 13.3 Å². The van der Waals surface area contributed by atoms with Crippen molar-refractivity contribution in [1.29, 1.82) is 0 Å². The minimum Gasteiger partial charge on any atom is -0.496 e. The van der Waals surface area contributed by atoms with E-state index in [1.165, 1.54) is 5.56 Å². The van der Waals surface area contributed by atoms with Crippen molar-refractivity contribution in [3.05, 3.63) is 42.5 Å². The molecule has 1 nitrogen and oxygen atoms in total. The minimum absolute atomic E-state index is 0.497. The lowest BCUT2D eigenvalue weighted by Crippen LogP contribution is -1.98. The summed E-state index contributed by atoms with van der Waals surface area (Å²) in [7, 11) is 1.71. The van der Waals surface area contributed by atoms with Gasteiger partial charge in [-0.3, -0.25) is 0 Å². The van der Waals surface area contributed by atoms with Crippen molar-refractivity contribution in [1.82, 2.24) is 0 Å². The number of rotatable bonds is 4. The second-order valence-electron chi connectivity index (χ2n) is 3.23. The minimum atomic E-state index is 0.497. The molecule has 1 atom stereocenters. The van der Waals surface area contributed by atoms with E-state index in [9.17, 15) is 0 Å². The smallest absolute Gasteiger partial charge is 0.122 e. The number of para-hydroxylation sites is 1. The molecule has 0 N–H and O–H groups in total. The van der Waals surface area contributed by atoms with Gasteiger partial charge in [0.2, 0.25) is 0 Å². The molecule has 0 spiro atoms. The number of allylic oxidation sites excluding steroid dienone is 1. The van der Waals surface area contributed by atoms with E-state index in [0.29, 0.717) is 5.92 Å². The van der Waals surface area contributed by atoms with Gasteiger partial charge in [-0.15, -0.1) is 6.58 Å². The van der Waals surface area contributed by atoms with Gasteiger partial charge < -0.3 is 4.74 Å². The highest BCUT2D eigenvalue weighted by Gasteiger charge is 2.04. The van der Waals surface area contributed by atoms with E-state index in [2.05, 4.69) is 19.6 Å². The zero-order valence-corrected chi connectivity index (χ0v) is 8.29. The van der Waals surface area contributed by atoms with Crippen LogP contribution in [0.1, 0.15) is 12.5 Å². The molecule has 0 heterocycles. The van der Waals surface area contributed by atoms with Crippen molar-refractivity contribution in [2.75, 3.05) is 7.11 Å². The van der Waals surface area contributed by atoms with Crippen LogP contribution in [0.2, 0.25) is 0 Å². The lowest BCUT2D eigenvalue weighted by atomic mass is 10.0. The third-order valence-corrected chi connectivity index (χ3v) is 2.14. The molecule has 0 radical (unpaired) electrons. The van der Waals surface area contributed by atoms with Crippen LogP contribution < -0.4 is 4.74 Å². The Morgan fingerprint density at radius 2 is 2.15 bits per heavy atom. The molecule has 0 aromatic heterocycles. The first-order valence-electron chi connectivity index (χ1n) is 4.52. The van der Waals surface area contributed by atoms with Crippen molar-refractivity contribution in [3.8, 4) is 5.75 Å². The summed E-state index contributed by atoms with van der Waals surface area (Å²) in [5, 5.41) is 0. The highest BCUT2D eigenvalue weighted by atomic mass is 16.5. The first-order valence-corrected chi connectivity index (χ1v) is 4.52. The van der Waals surface area contributed by atoms with Gasteiger partial charge >= 0.3 is 0 Å². The quantitative estimate of drug-likeness (QED) is 0.641. The van der Waals surface area contributed by atoms with Gasteiger partial charge in [-0.2, -0.15) is 0 Å². The van der Waals surface area contributed by atoms with Gasteiger partial charge in [0.25, 0.3) is 0 Å². The number of benzene rings is 1. The zero-order valence-electron chi connectivity index (χ0n) is 8.29. The van der Waals surface area contributed by atoms with Crippen LogP contribution in [0.5, 0.6) is 5.75 Å². The Hall–Kier alpha value is -1.24. The molecule has 0 fully saturated rings. The maximum absolute atomic E-state index is 5.26. The molecular formula is C12H16O. The normalized spacial score (nSPS) is 12.2. The molecule has 0 saturated heterocycles. The molecule has 1 rings (SSSR count). The molecule has 1 aromatic carbocycles. The van der Waals surface area contributed by atoms with Gasteiger partial charge in [0, 0.05) is 0 Å². The van der Waals surface area contributed by atoms with Crippen molar-refractivity contribution < 1.29 is 4.74 Å². The van der Waals surface area contributed by atoms with E-state index in [-0.39, 0.29) is 0 Å². The maximum atomic E-state index is 5.26. The summed E-state index contributed by atoms with van der Waals surface area (Å²) in [6, 6.07) is 8.11. The van der Waals surface area contributed by atoms with Crippen LogP contribution >= 0.6 is 0 Å². The Kier molecular flexibility index (Phi) is 3.56. The number of hydrogen-bond donors (Lipinski definition) is 0. The summed E-state index contributed by atoms with van der Waals surface area (Å²) >= 11 is 0. The fraction of sp³-hybridized carbons (Fsp3) is 0.333. The van der Waals surface area contributed by atoms with Crippen LogP contribution in [0, 0.1) is 5.92 Å². The highest BCUT2D eigenvalue weighted by molar-refractivity contribution is 5.33. The molecule has 1 heteroatoms. The first-order chi connectivity index (χ1) is 6.27. The van der Waals surface area contributed by atoms with Gasteiger partial charge in [0.05, 0.1) is 7.11 Å². The monoisotopic (exact) mass is 176 g/mol. The maximum Gasteiger partial charge on any atom is 0.122 e. The Balaban J connectivity index is 2.80.